The van der Waals surface area contributed by atoms with Crippen molar-refractivity contribution in [2.24, 2.45) is 5.92 Å². The summed E-state index contributed by atoms with van der Waals surface area (Å²) in [5.41, 5.74) is 9.42. The molecule has 234 valence electrons. The molecule has 3 aromatic carbocycles. The molecule has 3 aromatic rings. The predicted octanol–water partition coefficient (Wildman–Crippen LogP) is 8.75. The molecule has 4 rings (SSSR count). The first-order chi connectivity index (χ1) is 21.1. The number of unbranched alkanes of at least 4 members (excludes halogenated alkanes) is 1. The van der Waals surface area contributed by atoms with Gasteiger partial charge in [-0.05, 0) is 99.5 Å². The molecule has 0 saturated heterocycles. The van der Waals surface area contributed by atoms with Crippen LogP contribution in [0.2, 0.25) is 0 Å². The van der Waals surface area contributed by atoms with Gasteiger partial charge in [-0.2, -0.15) is 0 Å². The van der Waals surface area contributed by atoms with Gasteiger partial charge in [0.15, 0.2) is 21.4 Å². The topological polar surface area (TPSA) is 68.3 Å². The van der Waals surface area contributed by atoms with E-state index in [0.29, 0.717) is 24.3 Å². The number of allylic oxidation sites excluding steroid dienone is 2. The average molecular weight is 613 g/mol. The highest BCUT2D eigenvalue weighted by Gasteiger charge is 2.20. The van der Waals surface area contributed by atoms with Gasteiger partial charge in [0, 0.05) is 24.0 Å². The molecule has 1 atom stereocenters. The van der Waals surface area contributed by atoms with Crippen LogP contribution >= 0.6 is 0 Å². The van der Waals surface area contributed by atoms with Crippen LogP contribution in [0.25, 0.3) is 0 Å². The van der Waals surface area contributed by atoms with Crippen molar-refractivity contribution >= 4 is 21.4 Å². The average Bonchev–Trinajstić information content (AvgIpc) is 3.09. The fourth-order valence-corrected chi connectivity index (χ4v) is 7.58. The molecule has 5 heteroatoms. The van der Waals surface area contributed by atoms with E-state index in [0.717, 1.165) is 56.9 Å². The zero-order chi connectivity index (χ0) is 31.5. The molecular weight excluding hydrogens is 564 g/mol. The second-order valence-electron chi connectivity index (χ2n) is 12.5. The number of carbonyl (C=O) groups excluding carboxylic acids is 2. The summed E-state index contributed by atoms with van der Waals surface area (Å²) in [7, 11) is -3.19. The number of carbonyl (C=O) groups is 2. The number of rotatable bonds is 14. The summed E-state index contributed by atoms with van der Waals surface area (Å²) in [6, 6.07) is 24.4. The van der Waals surface area contributed by atoms with Gasteiger partial charge in [-0.25, -0.2) is 8.42 Å². The van der Waals surface area contributed by atoms with Crippen molar-refractivity contribution in [3.8, 4) is 0 Å². The molecule has 4 nitrogen and oxygen atoms in total. The summed E-state index contributed by atoms with van der Waals surface area (Å²) in [4.78, 5) is 25.4. The first kappa shape index (κ1) is 33.6. The molecule has 0 heterocycles. The van der Waals surface area contributed by atoms with Gasteiger partial charge < -0.3 is 0 Å². The Balaban J connectivity index is 1.37. The molecule has 0 amide bonds. The fraction of sp³-hybridized carbons (Fsp3) is 0.436. The smallest absolute Gasteiger partial charge is 0.163 e. The van der Waals surface area contributed by atoms with E-state index in [1.165, 1.54) is 33.4 Å². The van der Waals surface area contributed by atoms with Gasteiger partial charge in [-0.3, -0.25) is 9.59 Å². The molecule has 0 fully saturated rings. The lowest BCUT2D eigenvalue weighted by atomic mass is 9.85. The highest BCUT2D eigenvalue weighted by atomic mass is 32.2. The Kier molecular flexibility index (Phi) is 12.3. The molecule has 0 aromatic heterocycles. The Bertz CT molecular complexity index is 1550. The van der Waals surface area contributed by atoms with Crippen LogP contribution in [0.1, 0.15) is 109 Å². The lowest BCUT2D eigenvalue weighted by Crippen LogP contribution is -2.15. The summed E-state index contributed by atoms with van der Waals surface area (Å²) in [6.07, 6.45) is 8.64. The molecule has 1 aliphatic carbocycles. The molecule has 0 bridgehead atoms. The quantitative estimate of drug-likeness (QED) is 0.135. The van der Waals surface area contributed by atoms with Crippen molar-refractivity contribution < 1.29 is 18.0 Å². The van der Waals surface area contributed by atoms with Crippen LogP contribution in [0.3, 0.4) is 0 Å². The molecule has 44 heavy (non-hydrogen) atoms. The Hall–Kier alpha value is -3.31. The molecule has 0 aliphatic heterocycles. The number of hydrogen-bond acceptors (Lipinski definition) is 4. The van der Waals surface area contributed by atoms with Gasteiger partial charge in [0.1, 0.15) is 0 Å². The SMILES string of the molecule is CCCCS(=O)(=O)CCC(=O)c1ccc2c(c1)CCC(Cc1ccc(CCCC(=O)c3ccccc3)cc1)/C(C)=C(/C)CC2. The number of benzene rings is 3. The van der Waals surface area contributed by atoms with E-state index in [2.05, 4.69) is 44.2 Å². The predicted molar refractivity (Wildman–Crippen MR) is 181 cm³/mol. The van der Waals surface area contributed by atoms with Crippen molar-refractivity contribution in [2.45, 2.75) is 91.4 Å². The van der Waals surface area contributed by atoms with E-state index in [1.54, 1.807) is 0 Å². The Morgan fingerprint density at radius 1 is 0.727 bits per heavy atom. The first-order valence-corrected chi connectivity index (χ1v) is 18.1. The van der Waals surface area contributed by atoms with Crippen LogP contribution in [0, 0.1) is 5.92 Å². The zero-order valence-electron chi connectivity index (χ0n) is 26.7. The highest BCUT2D eigenvalue weighted by Crippen LogP contribution is 2.31. The van der Waals surface area contributed by atoms with Gasteiger partial charge in [0.25, 0.3) is 0 Å². The summed E-state index contributed by atoms with van der Waals surface area (Å²) < 4.78 is 24.6. The second kappa shape index (κ2) is 16.1. The largest absolute Gasteiger partial charge is 0.294 e. The van der Waals surface area contributed by atoms with Crippen molar-refractivity contribution in [3.05, 3.63) is 117 Å². The summed E-state index contributed by atoms with van der Waals surface area (Å²) in [6.45, 7) is 6.51. The molecule has 0 saturated carbocycles. The maximum Gasteiger partial charge on any atom is 0.163 e. The zero-order valence-corrected chi connectivity index (χ0v) is 27.6. The monoisotopic (exact) mass is 612 g/mol. The lowest BCUT2D eigenvalue weighted by Gasteiger charge is -2.20. The minimum absolute atomic E-state index is 0.0482. The molecule has 0 N–H and O–H groups in total. The van der Waals surface area contributed by atoms with E-state index in [4.69, 9.17) is 0 Å². The maximum atomic E-state index is 13.0. The number of Topliss-reactive ketones (excluding diaryl/α,β-unsaturated/α-hetero) is 2. The van der Waals surface area contributed by atoms with Gasteiger partial charge >= 0.3 is 0 Å². The van der Waals surface area contributed by atoms with Crippen LogP contribution in [-0.4, -0.2) is 31.5 Å². The summed E-state index contributed by atoms with van der Waals surface area (Å²) in [5.74, 6) is 0.621. The van der Waals surface area contributed by atoms with Gasteiger partial charge in [0.05, 0.1) is 11.5 Å². The Morgan fingerprint density at radius 2 is 1.43 bits per heavy atom. The summed E-state index contributed by atoms with van der Waals surface area (Å²) in [5, 5.41) is 0. The van der Waals surface area contributed by atoms with Crippen molar-refractivity contribution in [1.82, 2.24) is 0 Å². The van der Waals surface area contributed by atoms with Crippen LogP contribution in [0.5, 0.6) is 0 Å². The number of fused-ring (bicyclic) bond motifs is 1. The van der Waals surface area contributed by atoms with E-state index < -0.39 is 9.84 Å². The van der Waals surface area contributed by atoms with Gasteiger partial charge in [-0.15, -0.1) is 0 Å². The minimum Gasteiger partial charge on any atom is -0.294 e. The van der Waals surface area contributed by atoms with Crippen LogP contribution in [-0.2, 0) is 35.5 Å². The lowest BCUT2D eigenvalue weighted by molar-refractivity contribution is 0.0975. The van der Waals surface area contributed by atoms with Crippen molar-refractivity contribution in [2.75, 3.05) is 11.5 Å². The molecule has 1 unspecified atom stereocenters. The highest BCUT2D eigenvalue weighted by molar-refractivity contribution is 7.91. The number of sulfone groups is 1. The van der Waals surface area contributed by atoms with E-state index in [9.17, 15) is 18.0 Å². The maximum absolute atomic E-state index is 13.0. The van der Waals surface area contributed by atoms with Crippen molar-refractivity contribution in [1.29, 1.82) is 0 Å². The van der Waals surface area contributed by atoms with Gasteiger partial charge in [-0.1, -0.05) is 91.2 Å². The number of ketones is 2. The van der Waals surface area contributed by atoms with Crippen LogP contribution in [0.15, 0.2) is 83.9 Å². The molecule has 0 radical (unpaired) electrons. The first-order valence-electron chi connectivity index (χ1n) is 16.3. The number of aryl methyl sites for hydroxylation is 3. The Labute approximate surface area is 264 Å². The molecule has 1 aliphatic rings. The van der Waals surface area contributed by atoms with Crippen LogP contribution in [0.4, 0.5) is 0 Å². The minimum atomic E-state index is -3.19. The normalized spacial score (nSPS) is 17.3. The molecule has 0 spiro atoms. The third kappa shape index (κ3) is 9.85. The second-order valence-corrected chi connectivity index (χ2v) is 14.8. The van der Waals surface area contributed by atoms with E-state index in [-0.39, 0.29) is 29.5 Å². The van der Waals surface area contributed by atoms with E-state index >= 15 is 0 Å². The Morgan fingerprint density at radius 3 is 2.16 bits per heavy atom. The fourth-order valence-electron chi connectivity index (χ4n) is 6.15. The standard InChI is InChI=1S/C39H48O4S/c1-4-5-25-44(42,43)26-24-39(41)37-23-20-33-19-14-29(2)30(3)35(21-22-36(33)28-37)27-32-17-15-31(16-18-32)10-9-13-38(40)34-11-7-6-8-12-34/h6-8,11-12,15-18,20,23,28,35H,4-5,9-10,13-14,19,21-22,24-27H2,1-3H3/b30-29-. The van der Waals surface area contributed by atoms with Crippen molar-refractivity contribution in [3.63, 3.8) is 0 Å². The van der Waals surface area contributed by atoms with Gasteiger partial charge in [0.2, 0.25) is 0 Å². The third-order valence-corrected chi connectivity index (χ3v) is 11.0. The molecular formula is C39H48O4S. The van der Waals surface area contributed by atoms with Crippen LogP contribution < -0.4 is 0 Å². The summed E-state index contributed by atoms with van der Waals surface area (Å²) >= 11 is 0. The number of hydrogen-bond donors (Lipinski definition) is 0. The van der Waals surface area contributed by atoms with E-state index in [1.807, 2.05) is 49.4 Å². The third-order valence-electron chi connectivity index (χ3n) is 9.26.